The van der Waals surface area contributed by atoms with Gasteiger partial charge in [-0.05, 0) is 55.9 Å². The van der Waals surface area contributed by atoms with E-state index in [4.69, 9.17) is 0 Å². The quantitative estimate of drug-likeness (QED) is 0.668. The molecule has 2 rings (SSSR count). The first-order chi connectivity index (χ1) is 7.52. The van der Waals surface area contributed by atoms with Crippen molar-refractivity contribution >= 4 is 0 Å². The van der Waals surface area contributed by atoms with E-state index < -0.39 is 0 Å². The van der Waals surface area contributed by atoms with E-state index in [1.165, 1.54) is 24.0 Å². The van der Waals surface area contributed by atoms with Crippen LogP contribution in [0.25, 0.3) is 0 Å². The van der Waals surface area contributed by atoms with E-state index in [9.17, 15) is 5.11 Å². The Morgan fingerprint density at radius 1 is 1.38 bits per heavy atom. The molecule has 1 heteroatoms. The Kier molecular flexibility index (Phi) is 3.07. The van der Waals surface area contributed by atoms with Gasteiger partial charge >= 0.3 is 0 Å². The van der Waals surface area contributed by atoms with Crippen LogP contribution >= 0.6 is 0 Å². The molecule has 0 radical (unpaired) electrons. The molecule has 2 aliphatic carbocycles. The Morgan fingerprint density at radius 2 is 2.06 bits per heavy atom. The van der Waals surface area contributed by atoms with Gasteiger partial charge in [-0.1, -0.05) is 30.9 Å². The van der Waals surface area contributed by atoms with Crippen LogP contribution in [0.4, 0.5) is 0 Å². The van der Waals surface area contributed by atoms with E-state index in [-0.39, 0.29) is 6.10 Å². The highest BCUT2D eigenvalue weighted by Crippen LogP contribution is 2.50. The zero-order valence-corrected chi connectivity index (χ0v) is 10.2. The van der Waals surface area contributed by atoms with Gasteiger partial charge in [0.2, 0.25) is 0 Å². The largest absolute Gasteiger partial charge is 0.389 e. The highest BCUT2D eigenvalue weighted by atomic mass is 16.3. The van der Waals surface area contributed by atoms with Crippen LogP contribution in [-0.2, 0) is 0 Å². The van der Waals surface area contributed by atoms with Gasteiger partial charge in [0.25, 0.3) is 0 Å². The van der Waals surface area contributed by atoms with Crippen molar-refractivity contribution in [3.8, 4) is 0 Å². The molecule has 4 atom stereocenters. The van der Waals surface area contributed by atoms with Crippen molar-refractivity contribution in [2.45, 2.75) is 38.7 Å². The van der Waals surface area contributed by atoms with Gasteiger partial charge in [0.1, 0.15) is 0 Å². The number of allylic oxidation sites excluding steroid dienone is 2. The zero-order valence-electron chi connectivity index (χ0n) is 10.2. The summed E-state index contributed by atoms with van der Waals surface area (Å²) in [4.78, 5) is 0. The molecule has 0 bridgehead atoms. The average molecular weight is 218 g/mol. The molecule has 0 saturated heterocycles. The van der Waals surface area contributed by atoms with Gasteiger partial charge in [0.05, 0.1) is 6.10 Å². The maximum atomic E-state index is 9.97. The lowest BCUT2D eigenvalue weighted by molar-refractivity contribution is 0.211. The van der Waals surface area contributed by atoms with Crippen molar-refractivity contribution in [3.63, 3.8) is 0 Å². The summed E-state index contributed by atoms with van der Waals surface area (Å²) >= 11 is 0. The number of aliphatic hydroxyl groups is 1. The molecule has 0 aromatic rings. The van der Waals surface area contributed by atoms with Crippen molar-refractivity contribution < 1.29 is 5.11 Å². The van der Waals surface area contributed by atoms with Gasteiger partial charge < -0.3 is 5.11 Å². The SMILES string of the molecule is C=C(C)C1CCCC(=C)C2CC(O)C(=C)C12. The van der Waals surface area contributed by atoms with Crippen LogP contribution in [0, 0.1) is 17.8 Å². The Balaban J connectivity index is 2.34. The van der Waals surface area contributed by atoms with Gasteiger partial charge in [-0.3, -0.25) is 0 Å². The summed E-state index contributed by atoms with van der Waals surface area (Å²) in [5, 5.41) is 9.97. The molecular weight excluding hydrogens is 196 g/mol. The van der Waals surface area contributed by atoms with Crippen LogP contribution in [0.5, 0.6) is 0 Å². The number of fused-ring (bicyclic) bond motifs is 1. The maximum absolute atomic E-state index is 9.97. The molecule has 2 aliphatic rings. The summed E-state index contributed by atoms with van der Waals surface area (Å²) in [6.45, 7) is 14.5. The van der Waals surface area contributed by atoms with Gasteiger partial charge in [0.15, 0.2) is 0 Å². The van der Waals surface area contributed by atoms with Crippen LogP contribution in [0.2, 0.25) is 0 Å². The molecule has 0 amide bonds. The number of rotatable bonds is 1. The Morgan fingerprint density at radius 3 is 2.69 bits per heavy atom. The van der Waals surface area contributed by atoms with E-state index in [2.05, 4.69) is 26.7 Å². The van der Waals surface area contributed by atoms with Crippen LogP contribution < -0.4 is 0 Å². The normalized spacial score (nSPS) is 39.4. The second kappa shape index (κ2) is 4.21. The second-order valence-corrected chi connectivity index (χ2v) is 5.46. The molecule has 2 saturated carbocycles. The Labute approximate surface area is 98.6 Å². The summed E-state index contributed by atoms with van der Waals surface area (Å²) < 4.78 is 0. The lowest BCUT2D eigenvalue weighted by Gasteiger charge is -2.27. The number of aliphatic hydroxyl groups excluding tert-OH is 1. The molecule has 0 aromatic heterocycles. The molecule has 0 heterocycles. The summed E-state index contributed by atoms with van der Waals surface area (Å²) in [5.41, 5.74) is 3.56. The highest BCUT2D eigenvalue weighted by Gasteiger charge is 2.43. The topological polar surface area (TPSA) is 20.2 Å². The van der Waals surface area contributed by atoms with Gasteiger partial charge in [-0.2, -0.15) is 0 Å². The number of hydrogen-bond acceptors (Lipinski definition) is 1. The molecule has 1 nitrogen and oxygen atoms in total. The van der Waals surface area contributed by atoms with Crippen LogP contribution in [0.15, 0.2) is 36.5 Å². The monoisotopic (exact) mass is 218 g/mol. The summed E-state index contributed by atoms with van der Waals surface area (Å²) in [6, 6.07) is 0. The summed E-state index contributed by atoms with van der Waals surface area (Å²) in [6.07, 6.45) is 3.97. The third-order valence-corrected chi connectivity index (χ3v) is 4.37. The van der Waals surface area contributed by atoms with Crippen molar-refractivity contribution in [1.29, 1.82) is 0 Å². The van der Waals surface area contributed by atoms with Crippen molar-refractivity contribution in [3.05, 3.63) is 36.5 Å². The first-order valence-corrected chi connectivity index (χ1v) is 6.22. The Bertz CT molecular complexity index is 337. The van der Waals surface area contributed by atoms with Crippen molar-refractivity contribution in [1.82, 2.24) is 0 Å². The lowest BCUT2D eigenvalue weighted by Crippen LogP contribution is -2.20. The van der Waals surface area contributed by atoms with E-state index in [1.807, 2.05) is 0 Å². The van der Waals surface area contributed by atoms with Gasteiger partial charge in [-0.25, -0.2) is 0 Å². The fraction of sp³-hybridized carbons (Fsp3) is 0.600. The molecule has 4 unspecified atom stereocenters. The minimum atomic E-state index is -0.327. The molecule has 16 heavy (non-hydrogen) atoms. The first-order valence-electron chi connectivity index (χ1n) is 6.22. The second-order valence-electron chi connectivity index (χ2n) is 5.46. The van der Waals surface area contributed by atoms with Crippen molar-refractivity contribution in [2.24, 2.45) is 17.8 Å². The molecule has 0 aliphatic heterocycles. The molecule has 0 aromatic carbocycles. The predicted molar refractivity (Wildman–Crippen MR) is 68.0 cm³/mol. The molecule has 2 fully saturated rings. The average Bonchev–Trinajstić information content (AvgIpc) is 2.42. The lowest BCUT2D eigenvalue weighted by atomic mass is 9.77. The standard InChI is InChI=1S/C15H22O/c1-9(2)12-7-5-6-10(3)13-8-14(16)11(4)15(12)13/h12-16H,1,3-8H2,2H3. The van der Waals surface area contributed by atoms with Crippen molar-refractivity contribution in [2.75, 3.05) is 0 Å². The van der Waals surface area contributed by atoms with Gasteiger partial charge in [-0.15, -0.1) is 0 Å². The minimum Gasteiger partial charge on any atom is -0.389 e. The highest BCUT2D eigenvalue weighted by molar-refractivity contribution is 5.27. The molecule has 1 N–H and O–H groups in total. The van der Waals surface area contributed by atoms with E-state index >= 15 is 0 Å². The third-order valence-electron chi connectivity index (χ3n) is 4.37. The number of hydrogen-bond donors (Lipinski definition) is 1. The summed E-state index contributed by atoms with van der Waals surface area (Å²) in [7, 11) is 0. The molecular formula is C15H22O. The fourth-order valence-electron chi connectivity index (χ4n) is 3.45. The van der Waals surface area contributed by atoms with Crippen LogP contribution in [-0.4, -0.2) is 11.2 Å². The first kappa shape index (κ1) is 11.7. The minimum absolute atomic E-state index is 0.327. The Hall–Kier alpha value is -0.820. The van der Waals surface area contributed by atoms with E-state index in [0.717, 1.165) is 18.4 Å². The molecule has 88 valence electrons. The third kappa shape index (κ3) is 1.78. The molecule has 0 spiro atoms. The maximum Gasteiger partial charge on any atom is 0.0756 e. The summed E-state index contributed by atoms with van der Waals surface area (Å²) in [5.74, 6) is 1.32. The zero-order chi connectivity index (χ0) is 11.9. The van der Waals surface area contributed by atoms with Crippen LogP contribution in [0.1, 0.15) is 32.6 Å². The fourth-order valence-corrected chi connectivity index (χ4v) is 3.45. The van der Waals surface area contributed by atoms with Crippen LogP contribution in [0.3, 0.4) is 0 Å². The van der Waals surface area contributed by atoms with E-state index in [1.54, 1.807) is 0 Å². The smallest absolute Gasteiger partial charge is 0.0756 e. The predicted octanol–water partition coefficient (Wildman–Crippen LogP) is 3.47. The van der Waals surface area contributed by atoms with Gasteiger partial charge in [0, 0.05) is 0 Å². The van der Waals surface area contributed by atoms with E-state index in [0.29, 0.717) is 17.8 Å².